The number of fused-ring (bicyclic) bond motifs is 5. The van der Waals surface area contributed by atoms with Crippen LogP contribution in [-0.2, 0) is 4.74 Å². The van der Waals surface area contributed by atoms with Gasteiger partial charge in [-0.05, 0) is 151 Å². The summed E-state index contributed by atoms with van der Waals surface area (Å²) in [6, 6.07) is 7.81. The first-order valence-electron chi connectivity index (χ1n) is 15.6. The van der Waals surface area contributed by atoms with Crippen LogP contribution in [0.3, 0.4) is 0 Å². The third kappa shape index (κ3) is 5.42. The van der Waals surface area contributed by atoms with E-state index in [1.165, 1.54) is 64.2 Å². The normalized spacial score (nSPS) is 40.0. The molecule has 1 aromatic carbocycles. The molecule has 5 rings (SSSR count). The zero-order valence-electron chi connectivity index (χ0n) is 24.1. The van der Waals surface area contributed by atoms with Crippen molar-refractivity contribution >= 4 is 28.6 Å². The summed E-state index contributed by atoms with van der Waals surface area (Å²) in [5.74, 6) is 6.00. The minimum absolute atomic E-state index is 0.0939. The second kappa shape index (κ2) is 11.1. The molecule has 0 spiro atoms. The van der Waals surface area contributed by atoms with Gasteiger partial charge in [0.25, 0.3) is 0 Å². The lowest BCUT2D eigenvalue weighted by molar-refractivity contribution is -0.130. The Balaban J connectivity index is 1.22. The average molecular weight is 619 g/mol. The molecule has 2 nitrogen and oxygen atoms in total. The van der Waals surface area contributed by atoms with Crippen LogP contribution in [0.5, 0.6) is 0 Å². The molecular formula is C34H51IO2. The van der Waals surface area contributed by atoms with E-state index in [1.54, 1.807) is 0 Å². The fraction of sp³-hybridized carbons (Fsp3) is 0.794. The third-order valence-corrected chi connectivity index (χ3v) is 12.8. The van der Waals surface area contributed by atoms with Crippen molar-refractivity contribution < 1.29 is 9.53 Å². The summed E-state index contributed by atoms with van der Waals surface area (Å²) in [5.41, 5.74) is 1.71. The van der Waals surface area contributed by atoms with Crippen LogP contribution in [0.1, 0.15) is 122 Å². The quantitative estimate of drug-likeness (QED) is 0.225. The summed E-state index contributed by atoms with van der Waals surface area (Å²) in [6.07, 6.45) is 16.3. The molecule has 0 heterocycles. The summed E-state index contributed by atoms with van der Waals surface area (Å²) in [7, 11) is 0. The molecule has 0 aromatic heterocycles. The molecule has 0 N–H and O–H groups in total. The summed E-state index contributed by atoms with van der Waals surface area (Å²) in [6.45, 7) is 12.7. The van der Waals surface area contributed by atoms with Crippen LogP contribution in [0.2, 0.25) is 0 Å². The SMILES string of the molecule is CC(C)CCC[C@@H](C)[C@H]1CCC2C3CCC4C[C@H](OC(=O)c5cccc(I)c5)CC[C@]4(C)C3CC[C@@]21C. The molecule has 9 atom stereocenters. The standard InChI is InChI=1S/C34H51IO2/c1-22(2)8-6-9-23(3)29-14-15-30-28-13-12-25-21-27(37-32(36)24-10-7-11-26(35)20-24)16-18-33(25,4)31(28)17-19-34(29,30)5/h7,10-11,20,22-23,25,27-31H,6,8-9,12-19,21H2,1-5H3/t23-,25?,27-,28?,29-,30?,31?,33+,34-/m1/s1. The Bertz CT molecular complexity index is 957. The summed E-state index contributed by atoms with van der Waals surface area (Å²) in [4.78, 5) is 12.9. The summed E-state index contributed by atoms with van der Waals surface area (Å²) in [5, 5.41) is 0. The van der Waals surface area contributed by atoms with Crippen molar-refractivity contribution in [2.45, 2.75) is 118 Å². The molecule has 1 aromatic rings. The minimum atomic E-state index is -0.131. The predicted molar refractivity (Wildman–Crippen MR) is 161 cm³/mol. The van der Waals surface area contributed by atoms with Crippen LogP contribution in [0.4, 0.5) is 0 Å². The van der Waals surface area contributed by atoms with Crippen LogP contribution in [-0.4, -0.2) is 12.1 Å². The molecule has 4 aliphatic rings. The Kier molecular flexibility index (Phi) is 8.41. The van der Waals surface area contributed by atoms with E-state index in [9.17, 15) is 4.79 Å². The Morgan fingerprint density at radius 3 is 2.49 bits per heavy atom. The van der Waals surface area contributed by atoms with Gasteiger partial charge in [-0.25, -0.2) is 4.79 Å². The van der Waals surface area contributed by atoms with E-state index in [2.05, 4.69) is 57.2 Å². The van der Waals surface area contributed by atoms with Crippen molar-refractivity contribution in [1.82, 2.24) is 0 Å². The van der Waals surface area contributed by atoms with E-state index in [0.717, 1.165) is 51.9 Å². The number of carbonyl (C=O) groups excluding carboxylic acids is 1. The zero-order valence-corrected chi connectivity index (χ0v) is 26.3. The second-order valence-corrected chi connectivity index (χ2v) is 15.7. The number of esters is 1. The van der Waals surface area contributed by atoms with Crippen molar-refractivity contribution in [3.05, 3.63) is 33.4 Å². The number of ether oxygens (including phenoxy) is 1. The highest BCUT2D eigenvalue weighted by molar-refractivity contribution is 14.1. The van der Waals surface area contributed by atoms with Gasteiger partial charge in [0, 0.05) is 3.57 Å². The van der Waals surface area contributed by atoms with Crippen LogP contribution < -0.4 is 0 Å². The average Bonchev–Trinajstić information content (AvgIpc) is 3.21. The molecule has 4 saturated carbocycles. The second-order valence-electron chi connectivity index (χ2n) is 14.5. The Labute approximate surface area is 240 Å². The van der Waals surface area contributed by atoms with E-state index >= 15 is 0 Å². The maximum absolute atomic E-state index is 12.9. The molecule has 0 aliphatic heterocycles. The number of halogens is 1. The maximum Gasteiger partial charge on any atom is 0.338 e. The molecule has 4 fully saturated rings. The molecule has 0 amide bonds. The van der Waals surface area contributed by atoms with Crippen molar-refractivity contribution in [3.8, 4) is 0 Å². The Morgan fingerprint density at radius 1 is 0.973 bits per heavy atom. The predicted octanol–water partition coefficient (Wildman–Crippen LogP) is 9.94. The van der Waals surface area contributed by atoms with Gasteiger partial charge in [0.15, 0.2) is 0 Å². The zero-order chi connectivity index (χ0) is 26.4. The van der Waals surface area contributed by atoms with Crippen molar-refractivity contribution in [2.24, 2.45) is 52.3 Å². The highest BCUT2D eigenvalue weighted by atomic mass is 127. The largest absolute Gasteiger partial charge is 0.459 e. The first-order chi connectivity index (χ1) is 17.6. The third-order valence-electron chi connectivity index (χ3n) is 12.2. The molecule has 0 bridgehead atoms. The number of benzene rings is 1. The fourth-order valence-corrected chi connectivity index (χ4v) is 10.7. The van der Waals surface area contributed by atoms with Gasteiger partial charge in [0.1, 0.15) is 6.10 Å². The number of hydrogen-bond acceptors (Lipinski definition) is 2. The fourth-order valence-electron chi connectivity index (χ4n) is 10.2. The van der Waals surface area contributed by atoms with Crippen molar-refractivity contribution in [3.63, 3.8) is 0 Å². The molecule has 37 heavy (non-hydrogen) atoms. The molecule has 0 radical (unpaired) electrons. The van der Waals surface area contributed by atoms with Gasteiger partial charge in [-0.2, -0.15) is 0 Å². The minimum Gasteiger partial charge on any atom is -0.459 e. The van der Waals surface area contributed by atoms with Crippen LogP contribution in [0.25, 0.3) is 0 Å². The molecule has 206 valence electrons. The molecule has 4 aliphatic carbocycles. The first kappa shape index (κ1) is 28.0. The number of carbonyl (C=O) groups is 1. The van der Waals surface area contributed by atoms with E-state index in [0.29, 0.717) is 22.3 Å². The van der Waals surface area contributed by atoms with Gasteiger partial charge < -0.3 is 4.74 Å². The van der Waals surface area contributed by atoms with E-state index < -0.39 is 0 Å². The van der Waals surface area contributed by atoms with Crippen LogP contribution >= 0.6 is 22.6 Å². The smallest absolute Gasteiger partial charge is 0.338 e. The van der Waals surface area contributed by atoms with Crippen molar-refractivity contribution in [1.29, 1.82) is 0 Å². The molecule has 4 unspecified atom stereocenters. The lowest BCUT2D eigenvalue weighted by Crippen LogP contribution is -2.54. The van der Waals surface area contributed by atoms with Gasteiger partial charge in [0.2, 0.25) is 0 Å². The first-order valence-corrected chi connectivity index (χ1v) is 16.7. The van der Waals surface area contributed by atoms with Gasteiger partial charge >= 0.3 is 5.97 Å². The number of hydrogen-bond donors (Lipinski definition) is 0. The highest BCUT2D eigenvalue weighted by Gasteiger charge is 2.60. The Morgan fingerprint density at radius 2 is 1.73 bits per heavy atom. The summed E-state index contributed by atoms with van der Waals surface area (Å²) < 4.78 is 7.18. The van der Waals surface area contributed by atoms with E-state index in [1.807, 2.05) is 24.3 Å². The maximum atomic E-state index is 12.9. The van der Waals surface area contributed by atoms with E-state index in [4.69, 9.17) is 4.74 Å². The van der Waals surface area contributed by atoms with Gasteiger partial charge in [-0.1, -0.05) is 59.9 Å². The van der Waals surface area contributed by atoms with Crippen molar-refractivity contribution in [2.75, 3.05) is 0 Å². The van der Waals surface area contributed by atoms with Crippen LogP contribution in [0.15, 0.2) is 24.3 Å². The van der Waals surface area contributed by atoms with Gasteiger partial charge in [0.05, 0.1) is 5.56 Å². The molecule has 3 heteroatoms. The summed E-state index contributed by atoms with van der Waals surface area (Å²) >= 11 is 2.27. The van der Waals surface area contributed by atoms with Gasteiger partial charge in [-0.15, -0.1) is 0 Å². The molecular weight excluding hydrogens is 567 g/mol. The van der Waals surface area contributed by atoms with Gasteiger partial charge in [-0.3, -0.25) is 0 Å². The highest BCUT2D eigenvalue weighted by Crippen LogP contribution is 2.68. The lowest BCUT2D eigenvalue weighted by Gasteiger charge is -2.61. The monoisotopic (exact) mass is 618 g/mol. The van der Waals surface area contributed by atoms with Crippen LogP contribution in [0, 0.1) is 55.8 Å². The topological polar surface area (TPSA) is 26.3 Å². The number of rotatable bonds is 7. The Hall–Kier alpha value is -0.580. The molecule has 0 saturated heterocycles. The lowest BCUT2D eigenvalue weighted by atomic mass is 9.44. The van der Waals surface area contributed by atoms with E-state index in [-0.39, 0.29) is 12.1 Å².